The summed E-state index contributed by atoms with van der Waals surface area (Å²) in [6, 6.07) is 3.20. The Morgan fingerprint density at radius 1 is 1.47 bits per heavy atom. The minimum absolute atomic E-state index is 0.0557. The molecule has 2 aromatic rings. The third-order valence-electron chi connectivity index (χ3n) is 2.67. The van der Waals surface area contributed by atoms with E-state index in [1.54, 1.807) is 10.7 Å². The van der Waals surface area contributed by atoms with E-state index in [9.17, 15) is 4.79 Å². The first-order valence-corrected chi connectivity index (χ1v) is 6.20. The molecule has 5 nitrogen and oxygen atoms in total. The van der Waals surface area contributed by atoms with Crippen molar-refractivity contribution in [2.75, 3.05) is 7.11 Å². The molecular formula is C13H14ClN3O2. The minimum atomic E-state index is -0.188. The maximum Gasteiger partial charge on any atom is 0.215 e. The van der Waals surface area contributed by atoms with Crippen molar-refractivity contribution in [3.63, 3.8) is 0 Å². The first kappa shape index (κ1) is 13.5. The number of hydrogen-bond acceptors (Lipinski definition) is 4. The predicted octanol–water partition coefficient (Wildman–Crippen LogP) is 2.75. The number of hydrogen-bond donors (Lipinski definition) is 0. The normalized spacial score (nSPS) is 10.8. The van der Waals surface area contributed by atoms with Crippen LogP contribution in [-0.4, -0.2) is 27.7 Å². The fourth-order valence-corrected chi connectivity index (χ4v) is 1.96. The molecule has 19 heavy (non-hydrogen) atoms. The molecule has 0 N–H and O–H groups in total. The van der Waals surface area contributed by atoms with E-state index in [1.807, 2.05) is 13.8 Å². The van der Waals surface area contributed by atoms with E-state index in [1.165, 1.54) is 25.6 Å². The molecule has 0 aliphatic rings. The lowest BCUT2D eigenvalue weighted by atomic mass is 10.1. The highest BCUT2D eigenvalue weighted by molar-refractivity contribution is 6.30. The van der Waals surface area contributed by atoms with E-state index in [0.29, 0.717) is 17.0 Å². The number of ketones is 1. The van der Waals surface area contributed by atoms with Gasteiger partial charge in [0.05, 0.1) is 13.3 Å². The molecule has 0 amide bonds. The number of ether oxygens (including phenoxy) is 1. The number of carbonyl (C=O) groups excluding carboxylic acids is 1. The van der Waals surface area contributed by atoms with Crippen molar-refractivity contribution in [3.8, 4) is 5.75 Å². The summed E-state index contributed by atoms with van der Waals surface area (Å²) in [4.78, 5) is 16.4. The van der Waals surface area contributed by atoms with Crippen LogP contribution in [0.5, 0.6) is 5.75 Å². The van der Waals surface area contributed by atoms with Gasteiger partial charge in [-0.15, -0.1) is 0 Å². The Balaban J connectivity index is 2.51. The molecule has 0 atom stereocenters. The zero-order valence-electron chi connectivity index (χ0n) is 10.9. The highest BCUT2D eigenvalue weighted by atomic mass is 35.5. The summed E-state index contributed by atoms with van der Waals surface area (Å²) >= 11 is 5.81. The summed E-state index contributed by atoms with van der Waals surface area (Å²) in [7, 11) is 1.51. The van der Waals surface area contributed by atoms with Crippen LogP contribution in [0.15, 0.2) is 24.5 Å². The van der Waals surface area contributed by atoms with Crippen LogP contribution in [0.1, 0.15) is 35.9 Å². The van der Waals surface area contributed by atoms with Crippen LogP contribution >= 0.6 is 11.6 Å². The number of carbonyl (C=O) groups is 1. The molecule has 100 valence electrons. The van der Waals surface area contributed by atoms with Crippen LogP contribution in [0.4, 0.5) is 0 Å². The Bertz CT molecular complexity index is 608. The molecular weight excluding hydrogens is 266 g/mol. The molecule has 0 radical (unpaired) electrons. The number of aromatic nitrogens is 3. The third-order valence-corrected chi connectivity index (χ3v) is 2.88. The van der Waals surface area contributed by atoms with Gasteiger partial charge in [0.15, 0.2) is 11.4 Å². The van der Waals surface area contributed by atoms with Crippen molar-refractivity contribution in [3.05, 3.63) is 40.9 Å². The van der Waals surface area contributed by atoms with Gasteiger partial charge in [-0.1, -0.05) is 11.6 Å². The molecule has 2 heterocycles. The van der Waals surface area contributed by atoms with Crippen LogP contribution < -0.4 is 4.74 Å². The van der Waals surface area contributed by atoms with Gasteiger partial charge in [0, 0.05) is 17.8 Å². The van der Waals surface area contributed by atoms with Gasteiger partial charge in [0.1, 0.15) is 5.15 Å². The van der Waals surface area contributed by atoms with Gasteiger partial charge in [0.25, 0.3) is 0 Å². The van der Waals surface area contributed by atoms with Crippen molar-refractivity contribution >= 4 is 17.4 Å². The number of nitrogens with zero attached hydrogens (tertiary/aromatic N) is 3. The second-order valence-electron chi connectivity index (χ2n) is 4.30. The second-order valence-corrected chi connectivity index (χ2v) is 4.68. The molecule has 0 aliphatic carbocycles. The largest absolute Gasteiger partial charge is 0.493 e. The Morgan fingerprint density at radius 3 is 2.79 bits per heavy atom. The summed E-state index contributed by atoms with van der Waals surface area (Å²) in [6.45, 7) is 3.89. The fourth-order valence-electron chi connectivity index (χ4n) is 1.78. The molecule has 0 fully saturated rings. The second kappa shape index (κ2) is 5.40. The number of methoxy groups -OCH3 is 1. The Hall–Kier alpha value is -1.88. The smallest absolute Gasteiger partial charge is 0.215 e. The fraction of sp³-hybridized carbons (Fsp3) is 0.308. The third kappa shape index (κ3) is 2.61. The molecule has 6 heteroatoms. The van der Waals surface area contributed by atoms with Crippen molar-refractivity contribution in [1.29, 1.82) is 0 Å². The summed E-state index contributed by atoms with van der Waals surface area (Å²) in [5, 5.41) is 4.46. The van der Waals surface area contributed by atoms with Crippen molar-refractivity contribution in [2.24, 2.45) is 0 Å². The molecule has 0 aromatic carbocycles. The summed E-state index contributed by atoms with van der Waals surface area (Å²) in [5.41, 5.74) is 0.875. The Labute approximate surface area is 116 Å². The zero-order chi connectivity index (χ0) is 14.0. The maximum absolute atomic E-state index is 12.5. The van der Waals surface area contributed by atoms with E-state index in [2.05, 4.69) is 10.1 Å². The number of rotatable bonds is 4. The average molecular weight is 280 g/mol. The quantitative estimate of drug-likeness (QED) is 0.638. The van der Waals surface area contributed by atoms with E-state index < -0.39 is 0 Å². The highest BCUT2D eigenvalue weighted by Gasteiger charge is 2.22. The van der Waals surface area contributed by atoms with Crippen LogP contribution in [-0.2, 0) is 0 Å². The first-order valence-electron chi connectivity index (χ1n) is 5.82. The summed E-state index contributed by atoms with van der Waals surface area (Å²) < 4.78 is 6.83. The SMILES string of the molecule is COc1cnn(C(C)C)c1C(=O)c1ccnc(Cl)c1. The molecule has 0 aliphatic heterocycles. The average Bonchev–Trinajstić information content (AvgIpc) is 2.81. The molecule has 2 aromatic heterocycles. The van der Waals surface area contributed by atoms with E-state index in [0.717, 1.165) is 0 Å². The van der Waals surface area contributed by atoms with Crippen LogP contribution in [0.25, 0.3) is 0 Å². The van der Waals surface area contributed by atoms with E-state index >= 15 is 0 Å². The summed E-state index contributed by atoms with van der Waals surface area (Å²) in [6.07, 6.45) is 3.04. The Morgan fingerprint density at radius 2 is 2.21 bits per heavy atom. The Kier molecular flexibility index (Phi) is 3.85. The van der Waals surface area contributed by atoms with Gasteiger partial charge in [-0.05, 0) is 26.0 Å². The first-order chi connectivity index (χ1) is 9.04. The lowest BCUT2D eigenvalue weighted by Gasteiger charge is -2.11. The van der Waals surface area contributed by atoms with Gasteiger partial charge >= 0.3 is 0 Å². The number of halogens is 1. The van der Waals surface area contributed by atoms with Crippen molar-refractivity contribution < 1.29 is 9.53 Å². The minimum Gasteiger partial charge on any atom is -0.493 e. The van der Waals surface area contributed by atoms with E-state index in [-0.39, 0.29) is 17.0 Å². The van der Waals surface area contributed by atoms with Gasteiger partial charge in [-0.3, -0.25) is 9.48 Å². The number of pyridine rings is 1. The molecule has 0 saturated heterocycles. The maximum atomic E-state index is 12.5. The molecule has 0 saturated carbocycles. The molecule has 0 unspecified atom stereocenters. The molecule has 0 bridgehead atoms. The van der Waals surface area contributed by atoms with Crippen molar-refractivity contribution in [1.82, 2.24) is 14.8 Å². The van der Waals surface area contributed by atoms with E-state index in [4.69, 9.17) is 16.3 Å². The van der Waals surface area contributed by atoms with Crippen LogP contribution in [0, 0.1) is 0 Å². The van der Waals surface area contributed by atoms with Crippen LogP contribution in [0.2, 0.25) is 5.15 Å². The predicted molar refractivity (Wildman–Crippen MR) is 71.8 cm³/mol. The van der Waals surface area contributed by atoms with Crippen molar-refractivity contribution in [2.45, 2.75) is 19.9 Å². The topological polar surface area (TPSA) is 57.0 Å². The highest BCUT2D eigenvalue weighted by Crippen LogP contribution is 2.24. The lowest BCUT2D eigenvalue weighted by molar-refractivity contribution is 0.102. The standard InChI is InChI=1S/C13H14ClN3O2/c1-8(2)17-12(10(19-3)7-16-17)13(18)9-4-5-15-11(14)6-9/h4-8H,1-3H3. The van der Waals surface area contributed by atoms with Gasteiger partial charge in [-0.2, -0.15) is 5.10 Å². The molecule has 0 spiro atoms. The van der Waals surface area contributed by atoms with Gasteiger partial charge in [0.2, 0.25) is 5.78 Å². The summed E-state index contributed by atoms with van der Waals surface area (Å²) in [5.74, 6) is 0.263. The molecule has 2 rings (SSSR count). The van der Waals surface area contributed by atoms with Gasteiger partial charge in [-0.25, -0.2) is 4.98 Å². The zero-order valence-corrected chi connectivity index (χ0v) is 11.7. The monoisotopic (exact) mass is 279 g/mol. The van der Waals surface area contributed by atoms with Gasteiger partial charge < -0.3 is 4.74 Å². The van der Waals surface area contributed by atoms with Crippen LogP contribution in [0.3, 0.4) is 0 Å². The lowest BCUT2D eigenvalue weighted by Crippen LogP contribution is -2.14.